The number of rotatable bonds is 9. The summed E-state index contributed by atoms with van der Waals surface area (Å²) in [5.74, 6) is 0.495. The third-order valence-corrected chi connectivity index (χ3v) is 6.90. The first kappa shape index (κ1) is 23.2. The van der Waals surface area contributed by atoms with E-state index in [1.54, 1.807) is 0 Å². The Labute approximate surface area is 191 Å². The third kappa shape index (κ3) is 5.18. The average Bonchev–Trinajstić information content (AvgIpc) is 3.51. The lowest BCUT2D eigenvalue weighted by molar-refractivity contribution is -0.183. The summed E-state index contributed by atoms with van der Waals surface area (Å²) in [5, 5.41) is 3.67. The zero-order valence-corrected chi connectivity index (χ0v) is 19.7. The van der Waals surface area contributed by atoms with E-state index in [-0.39, 0.29) is 54.5 Å². The molecule has 2 bridgehead atoms. The molecule has 3 fully saturated rings. The molecular weight excluding hydrogens is 406 g/mol. The number of nitrogens with one attached hydrogen (secondary N) is 1. The molecule has 3 aliphatic rings. The van der Waals surface area contributed by atoms with Crippen molar-refractivity contribution in [3.8, 4) is 0 Å². The molecule has 4 rings (SSSR count). The van der Waals surface area contributed by atoms with Gasteiger partial charge in [0.1, 0.15) is 23.9 Å². The Bertz CT molecular complexity index is 810. The highest BCUT2D eigenvalue weighted by Gasteiger charge is 2.68. The van der Waals surface area contributed by atoms with E-state index in [2.05, 4.69) is 19.2 Å². The Kier molecular flexibility index (Phi) is 6.91. The number of fused-ring (bicyclic) bond motifs is 4. The number of carbonyl (C=O) groups is 2. The highest BCUT2D eigenvalue weighted by atomic mass is 16.6. The van der Waals surface area contributed by atoms with E-state index >= 15 is 0 Å². The normalized spacial score (nSPS) is 33.0. The fraction of sp³-hybridized carbons (Fsp3) is 0.692. The van der Waals surface area contributed by atoms with E-state index in [4.69, 9.17) is 14.2 Å². The van der Waals surface area contributed by atoms with Crippen molar-refractivity contribution in [1.82, 2.24) is 5.32 Å². The van der Waals surface area contributed by atoms with E-state index in [0.717, 1.165) is 12.1 Å². The number of hydrogen-bond donors (Lipinski definition) is 1. The van der Waals surface area contributed by atoms with Crippen LogP contribution in [0.3, 0.4) is 0 Å². The molecule has 0 aromatic heterocycles. The minimum Gasteiger partial charge on any atom is -0.462 e. The molecule has 1 heterocycles. The summed E-state index contributed by atoms with van der Waals surface area (Å²) in [6.45, 7) is 9.28. The standard InChI is InChI=1S/C26H37NO5/c1-16(2)12-21(28)30-20-10-11-26(32-22(29)13-18-8-6-5-7-9-18)14-19(20)23(24-25(26)31-24)27-15-17(3)4/h5-9,16-17,19-20,23-25,27H,10-15H2,1-4H3/t19?,20-,23-,24+,25+,26-/m1/s1. The lowest BCUT2D eigenvalue weighted by atomic mass is 9.65. The molecule has 1 unspecified atom stereocenters. The minimum absolute atomic E-state index is 0.00336. The number of ether oxygens (including phenoxy) is 3. The number of benzene rings is 1. The van der Waals surface area contributed by atoms with Gasteiger partial charge in [-0.2, -0.15) is 0 Å². The minimum atomic E-state index is -0.613. The zero-order valence-electron chi connectivity index (χ0n) is 19.7. The van der Waals surface area contributed by atoms with Crippen LogP contribution in [-0.2, 0) is 30.2 Å². The molecule has 6 nitrogen and oxygen atoms in total. The second-order valence-electron chi connectivity index (χ2n) is 10.6. The predicted octanol–water partition coefficient (Wildman–Crippen LogP) is 3.66. The summed E-state index contributed by atoms with van der Waals surface area (Å²) in [5.41, 5.74) is 0.334. The average molecular weight is 444 g/mol. The van der Waals surface area contributed by atoms with Gasteiger partial charge in [0.05, 0.1) is 6.42 Å². The first-order chi connectivity index (χ1) is 15.3. The molecule has 1 aromatic rings. The molecule has 0 amide bonds. The van der Waals surface area contributed by atoms with Gasteiger partial charge in [0.2, 0.25) is 0 Å². The topological polar surface area (TPSA) is 77.2 Å². The quantitative estimate of drug-likeness (QED) is 0.464. The maximum absolute atomic E-state index is 12.8. The van der Waals surface area contributed by atoms with Gasteiger partial charge in [-0.3, -0.25) is 9.59 Å². The van der Waals surface area contributed by atoms with Crippen LogP contribution in [0, 0.1) is 17.8 Å². The summed E-state index contributed by atoms with van der Waals surface area (Å²) in [7, 11) is 0. The van der Waals surface area contributed by atoms with Crippen LogP contribution in [-0.4, -0.2) is 48.4 Å². The van der Waals surface area contributed by atoms with E-state index in [1.807, 2.05) is 44.2 Å². The van der Waals surface area contributed by atoms with Crippen molar-refractivity contribution in [2.24, 2.45) is 17.8 Å². The van der Waals surface area contributed by atoms with E-state index < -0.39 is 5.60 Å². The van der Waals surface area contributed by atoms with Crippen LogP contribution in [0.4, 0.5) is 0 Å². The predicted molar refractivity (Wildman–Crippen MR) is 121 cm³/mol. The molecule has 32 heavy (non-hydrogen) atoms. The van der Waals surface area contributed by atoms with Crippen molar-refractivity contribution in [3.63, 3.8) is 0 Å². The molecule has 0 radical (unpaired) electrons. The molecule has 1 N–H and O–H groups in total. The molecule has 1 aromatic carbocycles. The van der Waals surface area contributed by atoms with Crippen molar-refractivity contribution in [3.05, 3.63) is 35.9 Å². The summed E-state index contributed by atoms with van der Waals surface area (Å²) in [6, 6.07) is 9.79. The van der Waals surface area contributed by atoms with Crippen molar-refractivity contribution >= 4 is 11.9 Å². The SMILES string of the molecule is CC(C)CN[C@@H]1C2C[C@](OC(=O)Cc3ccccc3)(CC[C@H]2OC(=O)CC(C)C)[C@H]2O[C@@H]12. The van der Waals surface area contributed by atoms with E-state index in [0.29, 0.717) is 31.6 Å². The molecule has 0 spiro atoms. The van der Waals surface area contributed by atoms with Crippen LogP contribution < -0.4 is 5.32 Å². The van der Waals surface area contributed by atoms with Crippen LogP contribution in [0.1, 0.15) is 58.9 Å². The third-order valence-electron chi connectivity index (χ3n) is 6.90. The molecule has 2 saturated carbocycles. The van der Waals surface area contributed by atoms with Gasteiger partial charge < -0.3 is 19.5 Å². The number of epoxide rings is 1. The molecule has 6 heteroatoms. The number of carbonyl (C=O) groups excluding carboxylic acids is 2. The highest BCUT2D eigenvalue weighted by Crippen LogP contribution is 2.55. The van der Waals surface area contributed by atoms with Crippen molar-refractivity contribution in [2.75, 3.05) is 6.54 Å². The van der Waals surface area contributed by atoms with Crippen molar-refractivity contribution in [2.45, 2.75) is 89.8 Å². The molecule has 6 atom stereocenters. The Morgan fingerprint density at radius 2 is 1.88 bits per heavy atom. The maximum Gasteiger partial charge on any atom is 0.310 e. The van der Waals surface area contributed by atoms with E-state index in [9.17, 15) is 9.59 Å². The smallest absolute Gasteiger partial charge is 0.310 e. The summed E-state index contributed by atoms with van der Waals surface area (Å²) in [6.07, 6.45) is 2.47. The molecule has 1 aliphatic heterocycles. The Balaban J connectivity index is 1.48. The van der Waals surface area contributed by atoms with Gasteiger partial charge in [-0.15, -0.1) is 0 Å². The van der Waals surface area contributed by atoms with Crippen LogP contribution in [0.2, 0.25) is 0 Å². The first-order valence-corrected chi connectivity index (χ1v) is 12.1. The summed E-state index contributed by atoms with van der Waals surface area (Å²) >= 11 is 0. The van der Waals surface area contributed by atoms with Gasteiger partial charge in [0, 0.05) is 18.4 Å². The maximum atomic E-state index is 12.8. The Morgan fingerprint density at radius 3 is 2.56 bits per heavy atom. The van der Waals surface area contributed by atoms with Gasteiger partial charge in [-0.25, -0.2) is 0 Å². The van der Waals surface area contributed by atoms with Gasteiger partial charge in [0.15, 0.2) is 0 Å². The van der Waals surface area contributed by atoms with Crippen molar-refractivity contribution in [1.29, 1.82) is 0 Å². The largest absolute Gasteiger partial charge is 0.462 e. The Morgan fingerprint density at radius 1 is 1.12 bits per heavy atom. The molecule has 2 aliphatic carbocycles. The van der Waals surface area contributed by atoms with Crippen molar-refractivity contribution < 1.29 is 23.8 Å². The van der Waals surface area contributed by atoms with Gasteiger partial charge >= 0.3 is 11.9 Å². The molecular formula is C26H37NO5. The fourth-order valence-corrected chi connectivity index (χ4v) is 5.43. The number of hydrogen-bond acceptors (Lipinski definition) is 6. The van der Waals surface area contributed by atoms with Crippen LogP contribution in [0.5, 0.6) is 0 Å². The second kappa shape index (κ2) is 9.52. The summed E-state index contributed by atoms with van der Waals surface area (Å²) < 4.78 is 18.3. The highest BCUT2D eigenvalue weighted by molar-refractivity contribution is 5.73. The van der Waals surface area contributed by atoms with Gasteiger partial charge in [-0.05, 0) is 43.2 Å². The summed E-state index contributed by atoms with van der Waals surface area (Å²) in [4.78, 5) is 25.3. The van der Waals surface area contributed by atoms with Gasteiger partial charge in [-0.1, -0.05) is 58.0 Å². The van der Waals surface area contributed by atoms with E-state index in [1.165, 1.54) is 0 Å². The monoisotopic (exact) mass is 443 g/mol. The second-order valence-corrected chi connectivity index (χ2v) is 10.6. The number of esters is 2. The first-order valence-electron chi connectivity index (χ1n) is 12.1. The van der Waals surface area contributed by atoms with Crippen LogP contribution >= 0.6 is 0 Å². The van der Waals surface area contributed by atoms with Crippen LogP contribution in [0.15, 0.2) is 30.3 Å². The van der Waals surface area contributed by atoms with Gasteiger partial charge in [0.25, 0.3) is 0 Å². The fourth-order valence-electron chi connectivity index (χ4n) is 5.43. The van der Waals surface area contributed by atoms with Crippen LogP contribution in [0.25, 0.3) is 0 Å². The zero-order chi connectivity index (χ0) is 22.9. The lowest BCUT2D eigenvalue weighted by Gasteiger charge is -2.48. The lowest BCUT2D eigenvalue weighted by Crippen LogP contribution is -2.61. The Hall–Kier alpha value is -1.92. The molecule has 176 valence electrons. The molecule has 1 saturated heterocycles.